The summed E-state index contributed by atoms with van der Waals surface area (Å²) in [7, 11) is 1.80. The molecule has 2 rings (SSSR count). The van der Waals surface area contributed by atoms with E-state index in [2.05, 4.69) is 58.6 Å². The largest absolute Gasteiger partial charge is 0.375 e. The Balaban J connectivity index is 0.00000338. The maximum absolute atomic E-state index is 5.61. The minimum absolute atomic E-state index is 0. The van der Waals surface area contributed by atoms with Gasteiger partial charge in [0.25, 0.3) is 0 Å². The first-order chi connectivity index (χ1) is 11.9. The Morgan fingerprint density at radius 2 is 2.23 bits per heavy atom. The van der Waals surface area contributed by atoms with Gasteiger partial charge in [-0.05, 0) is 44.7 Å². The highest BCUT2D eigenvalue weighted by molar-refractivity contribution is 14.0. The number of aliphatic imine (C=N–C) groups is 1. The Bertz CT molecular complexity index is 584. The average Bonchev–Trinajstić information content (AvgIpc) is 2.62. The van der Waals surface area contributed by atoms with Crippen LogP contribution in [0.4, 0.5) is 5.82 Å². The molecule has 0 radical (unpaired) electrons. The number of nitrogens with zero attached hydrogens (tertiary/aromatic N) is 3. The van der Waals surface area contributed by atoms with Gasteiger partial charge in [-0.1, -0.05) is 0 Å². The Morgan fingerprint density at radius 3 is 2.88 bits per heavy atom. The molecule has 0 amide bonds. The highest BCUT2D eigenvalue weighted by atomic mass is 127. The van der Waals surface area contributed by atoms with Crippen molar-refractivity contribution in [3.63, 3.8) is 0 Å². The molecule has 8 heteroatoms. The molecular weight excluding hydrogens is 461 g/mol. The van der Waals surface area contributed by atoms with Crippen LogP contribution in [0.1, 0.15) is 26.3 Å². The number of anilines is 1. The third-order valence-electron chi connectivity index (χ3n) is 4.29. The molecule has 0 aliphatic carbocycles. The molecule has 1 aromatic heterocycles. The van der Waals surface area contributed by atoms with Gasteiger partial charge < -0.3 is 20.3 Å². The normalized spacial score (nSPS) is 18.3. The standard InChI is InChI=1S/C18H31N5OS.HI/c1-14-12-23(8-9-24-14)16-10-15(6-7-20-16)11-21-17(19-4)22-13-18(2,3)25-5;/h6-7,10,14H,8-9,11-13H2,1-5H3,(H2,19,21,22);1H. The van der Waals surface area contributed by atoms with Gasteiger partial charge in [-0.25, -0.2) is 4.98 Å². The lowest BCUT2D eigenvalue weighted by Gasteiger charge is -2.32. The van der Waals surface area contributed by atoms with Crippen molar-refractivity contribution in [1.29, 1.82) is 0 Å². The number of guanidine groups is 1. The minimum Gasteiger partial charge on any atom is -0.375 e. The van der Waals surface area contributed by atoms with Gasteiger partial charge in [-0.3, -0.25) is 4.99 Å². The zero-order chi connectivity index (χ0) is 18.3. The Labute approximate surface area is 179 Å². The summed E-state index contributed by atoms with van der Waals surface area (Å²) in [5, 5.41) is 6.77. The van der Waals surface area contributed by atoms with Gasteiger partial charge in [0.05, 0.1) is 12.7 Å². The van der Waals surface area contributed by atoms with Crippen molar-refractivity contribution in [2.24, 2.45) is 4.99 Å². The molecule has 1 atom stereocenters. The van der Waals surface area contributed by atoms with Crippen LogP contribution >= 0.6 is 35.7 Å². The highest BCUT2D eigenvalue weighted by Crippen LogP contribution is 2.19. The smallest absolute Gasteiger partial charge is 0.191 e. The summed E-state index contributed by atoms with van der Waals surface area (Å²) < 4.78 is 5.78. The number of aromatic nitrogens is 1. The van der Waals surface area contributed by atoms with Gasteiger partial charge in [0.1, 0.15) is 5.82 Å². The molecule has 1 unspecified atom stereocenters. The van der Waals surface area contributed by atoms with E-state index in [0.29, 0.717) is 0 Å². The molecule has 1 aromatic rings. The number of nitrogens with one attached hydrogen (secondary N) is 2. The van der Waals surface area contributed by atoms with E-state index in [1.807, 2.05) is 24.0 Å². The van der Waals surface area contributed by atoms with E-state index in [9.17, 15) is 0 Å². The molecule has 0 aromatic carbocycles. The molecule has 1 aliphatic heterocycles. The minimum atomic E-state index is 0. The van der Waals surface area contributed by atoms with Gasteiger partial charge >= 0.3 is 0 Å². The van der Waals surface area contributed by atoms with Crippen molar-refractivity contribution < 1.29 is 4.74 Å². The van der Waals surface area contributed by atoms with Gasteiger partial charge in [-0.15, -0.1) is 24.0 Å². The summed E-state index contributed by atoms with van der Waals surface area (Å²) in [5.74, 6) is 1.83. The topological polar surface area (TPSA) is 61.8 Å². The number of morpholine rings is 1. The first kappa shape index (κ1) is 23.3. The van der Waals surface area contributed by atoms with Crippen molar-refractivity contribution in [1.82, 2.24) is 15.6 Å². The second-order valence-corrected chi connectivity index (χ2v) is 8.41. The summed E-state index contributed by atoms with van der Waals surface area (Å²) >= 11 is 1.84. The molecule has 1 saturated heterocycles. The van der Waals surface area contributed by atoms with Crippen molar-refractivity contribution in [2.75, 3.05) is 44.4 Å². The van der Waals surface area contributed by atoms with Crippen molar-refractivity contribution in [3.05, 3.63) is 23.9 Å². The van der Waals surface area contributed by atoms with E-state index in [4.69, 9.17) is 4.74 Å². The summed E-state index contributed by atoms with van der Waals surface area (Å²) in [5.41, 5.74) is 1.19. The average molecular weight is 493 g/mol. The lowest BCUT2D eigenvalue weighted by atomic mass is 10.2. The van der Waals surface area contributed by atoms with Crippen LogP contribution in [0, 0.1) is 0 Å². The summed E-state index contributed by atoms with van der Waals surface area (Å²) in [6.45, 7) is 10.7. The molecule has 1 fully saturated rings. The predicted molar refractivity (Wildman–Crippen MR) is 123 cm³/mol. The Morgan fingerprint density at radius 1 is 1.46 bits per heavy atom. The number of halogens is 1. The number of rotatable bonds is 6. The van der Waals surface area contributed by atoms with Crippen LogP contribution in [-0.4, -0.2) is 61.3 Å². The predicted octanol–water partition coefficient (Wildman–Crippen LogP) is 2.73. The maximum Gasteiger partial charge on any atom is 0.191 e. The number of thioether (sulfide) groups is 1. The molecular formula is C18H32IN5OS. The molecule has 2 N–H and O–H groups in total. The van der Waals surface area contributed by atoms with Crippen LogP contribution in [0.15, 0.2) is 23.3 Å². The van der Waals surface area contributed by atoms with E-state index in [0.717, 1.165) is 44.6 Å². The second kappa shape index (κ2) is 11.2. The van der Waals surface area contributed by atoms with Crippen LogP contribution in [0.2, 0.25) is 0 Å². The monoisotopic (exact) mass is 493 g/mol. The van der Waals surface area contributed by atoms with Crippen LogP contribution in [0.3, 0.4) is 0 Å². The molecule has 6 nitrogen and oxygen atoms in total. The van der Waals surface area contributed by atoms with E-state index < -0.39 is 0 Å². The first-order valence-electron chi connectivity index (χ1n) is 8.74. The van der Waals surface area contributed by atoms with Crippen molar-refractivity contribution >= 4 is 47.5 Å². The lowest BCUT2D eigenvalue weighted by molar-refractivity contribution is 0.0529. The van der Waals surface area contributed by atoms with Gasteiger partial charge in [0.2, 0.25) is 0 Å². The number of ether oxygens (including phenoxy) is 1. The second-order valence-electron chi connectivity index (χ2n) is 6.89. The fraction of sp³-hybridized carbons (Fsp3) is 0.667. The van der Waals surface area contributed by atoms with Gasteiger partial charge in [-0.2, -0.15) is 11.8 Å². The molecule has 148 valence electrons. The summed E-state index contributed by atoms with van der Waals surface area (Å²) in [4.78, 5) is 11.1. The maximum atomic E-state index is 5.61. The molecule has 2 heterocycles. The number of pyridine rings is 1. The third kappa shape index (κ3) is 7.48. The summed E-state index contributed by atoms with van der Waals surface area (Å²) in [6, 6.07) is 4.18. The number of hydrogen-bond donors (Lipinski definition) is 2. The molecule has 0 saturated carbocycles. The third-order valence-corrected chi connectivity index (χ3v) is 5.54. The van der Waals surface area contributed by atoms with Crippen LogP contribution in [0.5, 0.6) is 0 Å². The quantitative estimate of drug-likeness (QED) is 0.361. The van der Waals surface area contributed by atoms with Crippen molar-refractivity contribution in [3.8, 4) is 0 Å². The Hall–Kier alpha value is -0.740. The van der Waals surface area contributed by atoms with E-state index in [1.165, 1.54) is 5.56 Å². The summed E-state index contributed by atoms with van der Waals surface area (Å²) in [6.07, 6.45) is 4.25. The zero-order valence-corrected chi connectivity index (χ0v) is 19.6. The fourth-order valence-electron chi connectivity index (χ4n) is 2.55. The van der Waals surface area contributed by atoms with E-state index in [-0.39, 0.29) is 34.8 Å². The van der Waals surface area contributed by atoms with E-state index in [1.54, 1.807) is 7.05 Å². The molecule has 0 bridgehead atoms. The van der Waals surface area contributed by atoms with Crippen LogP contribution in [-0.2, 0) is 11.3 Å². The SMILES string of the molecule is CN=C(NCc1ccnc(N2CCOC(C)C2)c1)NCC(C)(C)SC.I. The van der Waals surface area contributed by atoms with Crippen LogP contribution in [0.25, 0.3) is 0 Å². The van der Waals surface area contributed by atoms with Crippen molar-refractivity contribution in [2.45, 2.75) is 38.2 Å². The molecule has 26 heavy (non-hydrogen) atoms. The highest BCUT2D eigenvalue weighted by Gasteiger charge is 2.18. The van der Waals surface area contributed by atoms with Gasteiger partial charge in [0, 0.05) is 44.2 Å². The Kier molecular flexibility index (Phi) is 10.0. The fourth-order valence-corrected chi connectivity index (χ4v) is 2.76. The van der Waals surface area contributed by atoms with Gasteiger partial charge in [0.15, 0.2) is 5.96 Å². The first-order valence-corrected chi connectivity index (χ1v) is 9.97. The lowest BCUT2D eigenvalue weighted by Crippen LogP contribution is -2.43. The molecule has 1 aliphatic rings. The molecule has 0 spiro atoms. The number of hydrogen-bond acceptors (Lipinski definition) is 5. The van der Waals surface area contributed by atoms with E-state index >= 15 is 0 Å². The van der Waals surface area contributed by atoms with Crippen LogP contribution < -0.4 is 15.5 Å². The zero-order valence-electron chi connectivity index (χ0n) is 16.4.